The molecule has 0 heterocycles. The highest BCUT2D eigenvalue weighted by Crippen LogP contribution is 2.23. The second-order valence-corrected chi connectivity index (χ2v) is 7.47. The number of sulfonamides is 1. The molecule has 2 N–H and O–H groups in total. The van der Waals surface area contributed by atoms with Crippen LogP contribution in [0.15, 0.2) is 23.1 Å². The minimum absolute atomic E-state index is 0.0596. The molecular formula is C12H18ClNO3S2. The van der Waals surface area contributed by atoms with Gasteiger partial charge in [-0.15, -0.1) is 0 Å². The van der Waals surface area contributed by atoms with Crippen LogP contribution < -0.4 is 4.72 Å². The lowest BCUT2D eigenvalue weighted by Crippen LogP contribution is -2.41. The summed E-state index contributed by atoms with van der Waals surface area (Å²) in [6.07, 6.45) is 1.82. The zero-order valence-corrected chi connectivity index (χ0v) is 13.4. The molecule has 1 aromatic rings. The molecule has 0 bridgehead atoms. The van der Waals surface area contributed by atoms with E-state index in [1.54, 1.807) is 19.1 Å². The Morgan fingerprint density at radius 1 is 1.47 bits per heavy atom. The fourth-order valence-corrected chi connectivity index (χ4v) is 4.24. The monoisotopic (exact) mass is 323 g/mol. The van der Waals surface area contributed by atoms with Crippen molar-refractivity contribution >= 4 is 33.4 Å². The summed E-state index contributed by atoms with van der Waals surface area (Å²) >= 11 is 7.38. The van der Waals surface area contributed by atoms with Gasteiger partial charge in [-0.3, -0.25) is 0 Å². The number of hydrogen-bond donors (Lipinski definition) is 2. The molecule has 0 saturated carbocycles. The molecule has 0 aliphatic heterocycles. The molecule has 0 aliphatic rings. The number of thioether (sulfide) groups is 1. The average molecular weight is 324 g/mol. The van der Waals surface area contributed by atoms with E-state index < -0.39 is 10.0 Å². The van der Waals surface area contributed by atoms with Crippen LogP contribution in [0, 0.1) is 6.92 Å². The van der Waals surface area contributed by atoms with Crippen LogP contribution in [0.25, 0.3) is 0 Å². The van der Waals surface area contributed by atoms with Gasteiger partial charge in [-0.2, -0.15) is 11.8 Å². The topological polar surface area (TPSA) is 66.4 Å². The predicted octanol–water partition coefficient (Wildman–Crippen LogP) is 2.04. The lowest BCUT2D eigenvalue weighted by atomic mass is 10.2. The van der Waals surface area contributed by atoms with Crippen molar-refractivity contribution in [2.24, 2.45) is 0 Å². The molecule has 0 amide bonds. The number of aliphatic hydroxyl groups is 1. The van der Waals surface area contributed by atoms with Crippen LogP contribution in [0.1, 0.15) is 12.5 Å². The van der Waals surface area contributed by atoms with Crippen LogP contribution in [-0.2, 0) is 10.0 Å². The average Bonchev–Trinajstić information content (AvgIpc) is 2.29. The third-order valence-corrected chi connectivity index (χ3v) is 5.96. The number of hydrogen-bond acceptors (Lipinski definition) is 4. The molecule has 0 saturated heterocycles. The Bertz CT molecular complexity index is 530. The van der Waals surface area contributed by atoms with Crippen LogP contribution in [0.2, 0.25) is 5.02 Å². The highest BCUT2D eigenvalue weighted by atomic mass is 35.5. The molecule has 1 rings (SSSR count). The number of benzene rings is 1. The Labute approximate surface area is 123 Å². The van der Waals surface area contributed by atoms with Crippen molar-refractivity contribution < 1.29 is 13.5 Å². The van der Waals surface area contributed by atoms with Crippen molar-refractivity contribution in [3.05, 3.63) is 28.8 Å². The second kappa shape index (κ2) is 6.95. The van der Waals surface area contributed by atoms with E-state index in [4.69, 9.17) is 11.6 Å². The van der Waals surface area contributed by atoms with Crippen molar-refractivity contribution in [1.29, 1.82) is 0 Å². The lowest BCUT2D eigenvalue weighted by Gasteiger charge is -2.21. The second-order valence-electron chi connectivity index (χ2n) is 4.30. The fraction of sp³-hybridized carbons (Fsp3) is 0.500. The summed E-state index contributed by atoms with van der Waals surface area (Å²) < 4.78 is 27.0. The maximum Gasteiger partial charge on any atom is 0.242 e. The number of aryl methyl sites for hydroxylation is 1. The lowest BCUT2D eigenvalue weighted by molar-refractivity contribution is 0.282. The van der Waals surface area contributed by atoms with Crippen molar-refractivity contribution in [3.63, 3.8) is 0 Å². The largest absolute Gasteiger partial charge is 0.395 e. The third-order valence-electron chi connectivity index (χ3n) is 2.76. The summed E-state index contributed by atoms with van der Waals surface area (Å²) in [5, 5.41) is 9.18. The first-order chi connectivity index (χ1) is 8.81. The van der Waals surface area contributed by atoms with E-state index in [0.29, 0.717) is 0 Å². The Balaban J connectivity index is 2.98. The summed E-state index contributed by atoms with van der Waals surface area (Å²) in [5.74, 6) is 0. The van der Waals surface area contributed by atoms with E-state index in [1.165, 1.54) is 17.8 Å². The first-order valence-electron chi connectivity index (χ1n) is 5.74. The van der Waals surface area contributed by atoms with Crippen LogP contribution in [-0.4, -0.2) is 37.7 Å². The van der Waals surface area contributed by atoms with Gasteiger partial charge >= 0.3 is 0 Å². The molecule has 0 aliphatic carbocycles. The predicted molar refractivity (Wildman–Crippen MR) is 80.4 cm³/mol. The summed E-state index contributed by atoms with van der Waals surface area (Å²) in [6, 6.07) is 4.41. The molecule has 7 heteroatoms. The molecular weight excluding hydrogens is 306 g/mol. The van der Waals surface area contributed by atoms with E-state index in [0.717, 1.165) is 5.56 Å². The van der Waals surface area contributed by atoms with Gasteiger partial charge in [-0.1, -0.05) is 17.7 Å². The summed E-state index contributed by atoms with van der Waals surface area (Å²) in [6.45, 7) is 3.47. The minimum atomic E-state index is -3.68. The van der Waals surface area contributed by atoms with Crippen LogP contribution in [0.4, 0.5) is 0 Å². The molecule has 0 aromatic heterocycles. The van der Waals surface area contributed by atoms with E-state index in [9.17, 15) is 13.5 Å². The van der Waals surface area contributed by atoms with Gasteiger partial charge in [0.2, 0.25) is 10.0 Å². The summed E-state index contributed by atoms with van der Waals surface area (Å²) in [7, 11) is -3.68. The number of nitrogens with one attached hydrogen (secondary N) is 1. The van der Waals surface area contributed by atoms with Crippen molar-refractivity contribution in [2.75, 3.05) is 12.9 Å². The molecule has 19 heavy (non-hydrogen) atoms. The van der Waals surface area contributed by atoms with E-state index >= 15 is 0 Å². The van der Waals surface area contributed by atoms with Gasteiger partial charge < -0.3 is 5.11 Å². The Morgan fingerprint density at radius 3 is 2.58 bits per heavy atom. The zero-order chi connectivity index (χ0) is 14.6. The zero-order valence-electron chi connectivity index (χ0n) is 11.1. The van der Waals surface area contributed by atoms with Gasteiger partial charge in [0.1, 0.15) is 4.90 Å². The Kier molecular flexibility index (Phi) is 6.14. The number of halogens is 1. The molecule has 1 aromatic carbocycles. The maximum absolute atomic E-state index is 12.2. The van der Waals surface area contributed by atoms with E-state index in [2.05, 4.69) is 4.72 Å². The molecule has 2 atom stereocenters. The first-order valence-corrected chi connectivity index (χ1v) is 8.89. The standard InChI is InChI=1S/C12H18ClNO3S2/c1-8-4-5-12(10(13)6-8)19(16,17)14-9(2)11(7-15)18-3/h4-6,9,11,14-15H,7H2,1-3H3. The quantitative estimate of drug-likeness (QED) is 0.840. The normalized spacial score (nSPS) is 15.2. The molecule has 4 nitrogen and oxygen atoms in total. The van der Waals surface area contributed by atoms with Gasteiger partial charge in [0.15, 0.2) is 0 Å². The third kappa shape index (κ3) is 4.36. The Morgan fingerprint density at radius 2 is 2.11 bits per heavy atom. The fourth-order valence-electron chi connectivity index (χ4n) is 1.64. The van der Waals surface area contributed by atoms with E-state index in [1.807, 2.05) is 13.2 Å². The SMILES string of the molecule is CSC(CO)C(C)NS(=O)(=O)c1ccc(C)cc1Cl. The summed E-state index contributed by atoms with van der Waals surface area (Å²) in [5.41, 5.74) is 0.898. The van der Waals surface area contributed by atoms with Gasteiger partial charge in [0.25, 0.3) is 0 Å². The number of aliphatic hydroxyl groups excluding tert-OH is 1. The van der Waals surface area contributed by atoms with Gasteiger partial charge in [0.05, 0.1) is 11.6 Å². The van der Waals surface area contributed by atoms with Gasteiger partial charge in [0, 0.05) is 11.3 Å². The van der Waals surface area contributed by atoms with Crippen LogP contribution in [0.5, 0.6) is 0 Å². The van der Waals surface area contributed by atoms with Gasteiger partial charge in [-0.25, -0.2) is 13.1 Å². The van der Waals surface area contributed by atoms with Crippen LogP contribution >= 0.6 is 23.4 Å². The van der Waals surface area contributed by atoms with Crippen LogP contribution in [0.3, 0.4) is 0 Å². The Hall–Kier alpha value is -0.270. The van der Waals surface area contributed by atoms with Gasteiger partial charge in [-0.05, 0) is 37.8 Å². The van der Waals surface area contributed by atoms with Crippen molar-refractivity contribution in [1.82, 2.24) is 4.72 Å². The highest BCUT2D eigenvalue weighted by Gasteiger charge is 2.24. The molecule has 2 unspecified atom stereocenters. The minimum Gasteiger partial charge on any atom is -0.395 e. The molecule has 108 valence electrons. The van der Waals surface area contributed by atoms with Crippen molar-refractivity contribution in [3.8, 4) is 0 Å². The molecule has 0 fully saturated rings. The number of rotatable bonds is 6. The summed E-state index contributed by atoms with van der Waals surface area (Å²) in [4.78, 5) is 0.0596. The highest BCUT2D eigenvalue weighted by molar-refractivity contribution is 7.99. The molecule has 0 spiro atoms. The maximum atomic E-state index is 12.2. The molecule has 0 radical (unpaired) electrons. The van der Waals surface area contributed by atoms with E-state index in [-0.39, 0.29) is 27.8 Å². The van der Waals surface area contributed by atoms with Crippen molar-refractivity contribution in [2.45, 2.75) is 30.0 Å². The smallest absolute Gasteiger partial charge is 0.242 e. The first kappa shape index (κ1) is 16.8.